The monoisotopic (exact) mass is 236 g/mol. The molecule has 4 nitrogen and oxygen atoms in total. The molecule has 1 heterocycles. The number of benzene rings is 1. The summed E-state index contributed by atoms with van der Waals surface area (Å²) in [6.45, 7) is 5.11. The van der Waals surface area contributed by atoms with Crippen LogP contribution < -0.4 is 20.1 Å². The topological polar surface area (TPSA) is 42.5 Å². The molecule has 0 saturated carbocycles. The molecule has 0 amide bonds. The summed E-state index contributed by atoms with van der Waals surface area (Å²) in [7, 11) is 3.32. The van der Waals surface area contributed by atoms with Crippen LogP contribution >= 0.6 is 0 Å². The van der Waals surface area contributed by atoms with Gasteiger partial charge in [0.2, 0.25) is 0 Å². The van der Waals surface area contributed by atoms with Crippen LogP contribution in [0.3, 0.4) is 0 Å². The third-order valence-electron chi connectivity index (χ3n) is 3.32. The summed E-state index contributed by atoms with van der Waals surface area (Å²) in [5, 5.41) is 6.95. The number of methoxy groups -OCH3 is 2. The minimum absolute atomic E-state index is 0.0438. The Morgan fingerprint density at radius 2 is 1.88 bits per heavy atom. The van der Waals surface area contributed by atoms with Crippen LogP contribution in [-0.2, 0) is 5.54 Å². The Balaban J connectivity index is 2.32. The van der Waals surface area contributed by atoms with Gasteiger partial charge in [-0.2, -0.15) is 0 Å². The highest BCUT2D eigenvalue weighted by molar-refractivity contribution is 5.45. The molecule has 0 bridgehead atoms. The van der Waals surface area contributed by atoms with Crippen molar-refractivity contribution in [3.63, 3.8) is 0 Å². The maximum atomic E-state index is 5.34. The second-order valence-corrected chi connectivity index (χ2v) is 4.51. The van der Waals surface area contributed by atoms with Crippen LogP contribution in [0.2, 0.25) is 0 Å². The lowest BCUT2D eigenvalue weighted by Crippen LogP contribution is -2.54. The molecule has 4 heteroatoms. The highest BCUT2D eigenvalue weighted by atomic mass is 16.5. The van der Waals surface area contributed by atoms with E-state index in [1.54, 1.807) is 14.2 Å². The summed E-state index contributed by atoms with van der Waals surface area (Å²) in [5.41, 5.74) is 1.17. The van der Waals surface area contributed by atoms with Crippen molar-refractivity contribution in [2.45, 2.75) is 12.5 Å². The lowest BCUT2D eigenvalue weighted by atomic mass is 9.90. The Morgan fingerprint density at radius 3 is 2.47 bits per heavy atom. The molecule has 2 N–H and O–H groups in total. The average Bonchev–Trinajstić information content (AvgIpc) is 2.38. The van der Waals surface area contributed by atoms with Crippen LogP contribution in [-0.4, -0.2) is 33.9 Å². The van der Waals surface area contributed by atoms with Crippen molar-refractivity contribution in [2.75, 3.05) is 33.9 Å². The lowest BCUT2D eigenvalue weighted by molar-refractivity contribution is 0.299. The van der Waals surface area contributed by atoms with E-state index in [9.17, 15) is 0 Å². The van der Waals surface area contributed by atoms with Gasteiger partial charge in [-0.1, -0.05) is 6.07 Å². The van der Waals surface area contributed by atoms with E-state index in [4.69, 9.17) is 9.47 Å². The van der Waals surface area contributed by atoms with Gasteiger partial charge in [0.15, 0.2) is 11.5 Å². The fourth-order valence-corrected chi connectivity index (χ4v) is 2.21. The van der Waals surface area contributed by atoms with Crippen LogP contribution in [0, 0.1) is 0 Å². The highest BCUT2D eigenvalue weighted by Gasteiger charge is 2.28. The number of rotatable bonds is 3. The van der Waals surface area contributed by atoms with E-state index in [1.807, 2.05) is 12.1 Å². The fraction of sp³-hybridized carbons (Fsp3) is 0.538. The van der Waals surface area contributed by atoms with Gasteiger partial charge in [0.25, 0.3) is 0 Å². The summed E-state index contributed by atoms with van der Waals surface area (Å²) >= 11 is 0. The predicted octanol–water partition coefficient (Wildman–Crippen LogP) is 1.11. The van der Waals surface area contributed by atoms with Crippen molar-refractivity contribution in [2.24, 2.45) is 0 Å². The molecule has 1 aromatic rings. The molecule has 1 aliphatic rings. The first-order chi connectivity index (χ1) is 8.19. The zero-order valence-electron chi connectivity index (χ0n) is 10.7. The molecule has 1 fully saturated rings. The predicted molar refractivity (Wildman–Crippen MR) is 67.8 cm³/mol. The minimum Gasteiger partial charge on any atom is -0.493 e. The summed E-state index contributed by atoms with van der Waals surface area (Å²) in [5.74, 6) is 1.54. The second kappa shape index (κ2) is 4.94. The van der Waals surface area contributed by atoms with Gasteiger partial charge in [0, 0.05) is 19.6 Å². The standard InChI is InChI=1S/C13H20N2O2/c1-13(9-14-6-7-15-13)10-4-5-11(16-2)12(8-10)17-3/h4-5,8,14-15H,6-7,9H2,1-3H3. The molecular formula is C13H20N2O2. The Hall–Kier alpha value is -1.26. The molecular weight excluding hydrogens is 216 g/mol. The van der Waals surface area contributed by atoms with Gasteiger partial charge < -0.3 is 20.1 Å². The highest BCUT2D eigenvalue weighted by Crippen LogP contribution is 2.32. The van der Waals surface area contributed by atoms with Gasteiger partial charge in [0.05, 0.1) is 19.8 Å². The van der Waals surface area contributed by atoms with Crippen LogP contribution in [0.15, 0.2) is 18.2 Å². The third kappa shape index (κ3) is 2.37. The SMILES string of the molecule is COc1ccc(C2(C)CNCCN2)cc1OC. The smallest absolute Gasteiger partial charge is 0.161 e. The van der Waals surface area contributed by atoms with Crippen LogP contribution in [0.5, 0.6) is 11.5 Å². The Bertz CT molecular complexity index is 387. The van der Waals surface area contributed by atoms with E-state index in [2.05, 4.69) is 23.6 Å². The van der Waals surface area contributed by atoms with Crippen LogP contribution in [0.1, 0.15) is 12.5 Å². The van der Waals surface area contributed by atoms with Crippen LogP contribution in [0.4, 0.5) is 0 Å². The Morgan fingerprint density at radius 1 is 1.12 bits per heavy atom. The van der Waals surface area contributed by atoms with E-state index in [0.717, 1.165) is 31.1 Å². The first-order valence-corrected chi connectivity index (χ1v) is 5.88. The summed E-state index contributed by atoms with van der Waals surface area (Å²) < 4.78 is 10.6. The minimum atomic E-state index is -0.0438. The molecule has 17 heavy (non-hydrogen) atoms. The second-order valence-electron chi connectivity index (χ2n) is 4.51. The zero-order valence-corrected chi connectivity index (χ0v) is 10.7. The Labute approximate surface area is 102 Å². The molecule has 1 saturated heterocycles. The van der Waals surface area contributed by atoms with E-state index in [0.29, 0.717) is 0 Å². The largest absolute Gasteiger partial charge is 0.493 e. The zero-order chi connectivity index (χ0) is 12.3. The first kappa shape index (κ1) is 12.2. The number of ether oxygens (including phenoxy) is 2. The molecule has 1 aliphatic heterocycles. The maximum absolute atomic E-state index is 5.34. The van der Waals surface area contributed by atoms with Crippen molar-refractivity contribution in [1.29, 1.82) is 0 Å². The average molecular weight is 236 g/mol. The van der Waals surface area contributed by atoms with Gasteiger partial charge in [0.1, 0.15) is 0 Å². The van der Waals surface area contributed by atoms with Crippen molar-refractivity contribution in [1.82, 2.24) is 10.6 Å². The fourth-order valence-electron chi connectivity index (χ4n) is 2.21. The van der Waals surface area contributed by atoms with E-state index >= 15 is 0 Å². The summed E-state index contributed by atoms with van der Waals surface area (Å²) in [4.78, 5) is 0. The number of hydrogen-bond acceptors (Lipinski definition) is 4. The third-order valence-corrected chi connectivity index (χ3v) is 3.32. The van der Waals surface area contributed by atoms with Gasteiger partial charge in [-0.15, -0.1) is 0 Å². The molecule has 1 atom stereocenters. The van der Waals surface area contributed by atoms with E-state index in [1.165, 1.54) is 5.56 Å². The molecule has 2 rings (SSSR count). The number of piperazine rings is 1. The summed E-state index contributed by atoms with van der Waals surface area (Å²) in [6, 6.07) is 6.08. The van der Waals surface area contributed by atoms with Crippen LogP contribution in [0.25, 0.3) is 0 Å². The van der Waals surface area contributed by atoms with E-state index in [-0.39, 0.29) is 5.54 Å². The molecule has 0 spiro atoms. The number of nitrogens with one attached hydrogen (secondary N) is 2. The van der Waals surface area contributed by atoms with E-state index < -0.39 is 0 Å². The summed E-state index contributed by atoms with van der Waals surface area (Å²) in [6.07, 6.45) is 0. The molecule has 1 unspecified atom stereocenters. The molecule has 94 valence electrons. The normalized spacial score (nSPS) is 24.4. The maximum Gasteiger partial charge on any atom is 0.161 e. The van der Waals surface area contributed by atoms with Gasteiger partial charge in [-0.05, 0) is 24.6 Å². The quantitative estimate of drug-likeness (QED) is 0.825. The first-order valence-electron chi connectivity index (χ1n) is 5.88. The molecule has 0 aliphatic carbocycles. The van der Waals surface area contributed by atoms with Crippen molar-refractivity contribution in [3.05, 3.63) is 23.8 Å². The van der Waals surface area contributed by atoms with Gasteiger partial charge in [-0.3, -0.25) is 0 Å². The van der Waals surface area contributed by atoms with Crippen molar-refractivity contribution in [3.8, 4) is 11.5 Å². The van der Waals surface area contributed by atoms with Crippen molar-refractivity contribution < 1.29 is 9.47 Å². The number of hydrogen-bond donors (Lipinski definition) is 2. The van der Waals surface area contributed by atoms with Gasteiger partial charge >= 0.3 is 0 Å². The Kier molecular flexibility index (Phi) is 3.54. The molecule has 0 radical (unpaired) electrons. The molecule has 1 aromatic carbocycles. The van der Waals surface area contributed by atoms with Crippen molar-refractivity contribution >= 4 is 0 Å². The van der Waals surface area contributed by atoms with Gasteiger partial charge in [-0.25, -0.2) is 0 Å². The lowest BCUT2D eigenvalue weighted by Gasteiger charge is -2.36. The molecule has 0 aromatic heterocycles.